The Kier molecular flexibility index (Phi) is 4.46. The van der Waals surface area contributed by atoms with E-state index in [4.69, 9.17) is 10.3 Å². The highest BCUT2D eigenvalue weighted by atomic mass is 16.5. The van der Waals surface area contributed by atoms with Crippen LogP contribution in [-0.2, 0) is 9.59 Å². The molecule has 88 valence electrons. The molecular weight excluding hydrogens is 212 g/mol. The molecule has 0 radical (unpaired) electrons. The van der Waals surface area contributed by atoms with Crippen molar-refractivity contribution >= 4 is 17.6 Å². The molecule has 7 nitrogen and oxygen atoms in total. The molecule has 1 aromatic rings. The van der Waals surface area contributed by atoms with E-state index in [1.54, 1.807) is 13.0 Å². The minimum absolute atomic E-state index is 0.106. The molecule has 0 spiro atoms. The minimum atomic E-state index is -0.362. The number of aromatic nitrogens is 1. The van der Waals surface area contributed by atoms with Gasteiger partial charge in [-0.2, -0.15) is 0 Å². The van der Waals surface area contributed by atoms with Crippen LogP contribution in [0.2, 0.25) is 0 Å². The summed E-state index contributed by atoms with van der Waals surface area (Å²) in [6, 6.07) is 1.58. The average Bonchev–Trinajstić information content (AvgIpc) is 2.61. The van der Waals surface area contributed by atoms with E-state index in [2.05, 4.69) is 15.8 Å². The molecule has 0 saturated heterocycles. The zero-order chi connectivity index (χ0) is 12.0. The predicted octanol–water partition coefficient (Wildman–Crippen LogP) is -0.613. The molecule has 0 bridgehead atoms. The molecule has 1 aromatic heterocycles. The van der Waals surface area contributed by atoms with Crippen LogP contribution >= 0.6 is 0 Å². The fourth-order valence-corrected chi connectivity index (χ4v) is 1.01. The lowest BCUT2D eigenvalue weighted by atomic mass is 10.4. The molecule has 7 heteroatoms. The number of nitrogens with zero attached hydrogens (tertiary/aromatic N) is 1. The highest BCUT2D eigenvalue weighted by Crippen LogP contribution is 2.06. The van der Waals surface area contributed by atoms with Crippen LogP contribution < -0.4 is 16.4 Å². The number of anilines is 1. The lowest BCUT2D eigenvalue weighted by molar-refractivity contribution is -0.124. The number of hydrogen-bond acceptors (Lipinski definition) is 5. The van der Waals surface area contributed by atoms with Crippen LogP contribution in [0.4, 0.5) is 5.82 Å². The highest BCUT2D eigenvalue weighted by molar-refractivity contribution is 5.93. The summed E-state index contributed by atoms with van der Waals surface area (Å²) in [5.74, 6) is 0.311. The number of amides is 2. The third-order valence-electron chi connectivity index (χ3n) is 1.71. The Balaban J connectivity index is 2.28. The summed E-state index contributed by atoms with van der Waals surface area (Å²) >= 11 is 0. The third-order valence-corrected chi connectivity index (χ3v) is 1.71. The molecule has 4 N–H and O–H groups in total. The van der Waals surface area contributed by atoms with Crippen LogP contribution in [0.25, 0.3) is 0 Å². The van der Waals surface area contributed by atoms with Gasteiger partial charge in [0.1, 0.15) is 5.76 Å². The molecule has 0 aliphatic rings. The molecule has 0 fully saturated rings. The van der Waals surface area contributed by atoms with Gasteiger partial charge < -0.3 is 20.9 Å². The van der Waals surface area contributed by atoms with Gasteiger partial charge in [0.2, 0.25) is 11.8 Å². The van der Waals surface area contributed by atoms with E-state index in [0.29, 0.717) is 11.6 Å². The zero-order valence-corrected chi connectivity index (χ0v) is 8.95. The lowest BCUT2D eigenvalue weighted by Gasteiger charge is -2.03. The molecule has 0 aromatic carbocycles. The Morgan fingerprint density at radius 1 is 1.50 bits per heavy atom. The van der Waals surface area contributed by atoms with E-state index in [0.717, 1.165) is 0 Å². The Morgan fingerprint density at radius 3 is 2.81 bits per heavy atom. The molecule has 0 aliphatic heterocycles. The first kappa shape index (κ1) is 12.2. The van der Waals surface area contributed by atoms with E-state index in [9.17, 15) is 9.59 Å². The second kappa shape index (κ2) is 5.86. The zero-order valence-electron chi connectivity index (χ0n) is 8.95. The van der Waals surface area contributed by atoms with Gasteiger partial charge in [-0.3, -0.25) is 9.59 Å². The Labute approximate surface area is 92.3 Å². The van der Waals surface area contributed by atoms with Gasteiger partial charge in [-0.1, -0.05) is 5.16 Å². The molecule has 1 heterocycles. The number of aryl methyl sites for hydroxylation is 1. The van der Waals surface area contributed by atoms with Crippen molar-refractivity contribution < 1.29 is 14.1 Å². The summed E-state index contributed by atoms with van der Waals surface area (Å²) < 4.78 is 4.76. The summed E-state index contributed by atoms with van der Waals surface area (Å²) in [7, 11) is 0. The van der Waals surface area contributed by atoms with Gasteiger partial charge in [-0.05, 0) is 6.92 Å². The summed E-state index contributed by atoms with van der Waals surface area (Å²) in [6.45, 7) is 1.87. The third kappa shape index (κ3) is 4.09. The molecule has 2 amide bonds. The number of hydrogen-bond donors (Lipinski definition) is 3. The van der Waals surface area contributed by atoms with Crippen molar-refractivity contribution in [3.63, 3.8) is 0 Å². The van der Waals surface area contributed by atoms with Crippen LogP contribution in [0.3, 0.4) is 0 Å². The Hall–Kier alpha value is -1.89. The van der Waals surface area contributed by atoms with Gasteiger partial charge in [-0.25, -0.2) is 0 Å². The van der Waals surface area contributed by atoms with Gasteiger partial charge in [-0.15, -0.1) is 0 Å². The SMILES string of the molecule is Cc1cc(NC(=O)CNC(=O)CCN)no1. The Bertz CT molecular complexity index is 375. The van der Waals surface area contributed by atoms with Crippen LogP contribution in [0.15, 0.2) is 10.6 Å². The fraction of sp³-hybridized carbons (Fsp3) is 0.444. The van der Waals surface area contributed by atoms with Crippen molar-refractivity contribution in [2.24, 2.45) is 5.73 Å². The normalized spacial score (nSPS) is 9.88. The molecule has 1 rings (SSSR count). The maximum atomic E-state index is 11.3. The summed E-state index contributed by atoms with van der Waals surface area (Å²) in [4.78, 5) is 22.3. The highest BCUT2D eigenvalue weighted by Gasteiger charge is 2.07. The monoisotopic (exact) mass is 226 g/mol. The number of carbonyl (C=O) groups excluding carboxylic acids is 2. The number of rotatable bonds is 5. The van der Waals surface area contributed by atoms with Crippen molar-refractivity contribution in [2.75, 3.05) is 18.4 Å². The molecular formula is C9H14N4O3. The summed E-state index contributed by atoms with van der Waals surface area (Å²) in [5.41, 5.74) is 5.18. The predicted molar refractivity (Wildman–Crippen MR) is 56.6 cm³/mol. The second-order valence-corrected chi connectivity index (χ2v) is 3.19. The van der Waals surface area contributed by atoms with Crippen molar-refractivity contribution in [1.29, 1.82) is 0 Å². The van der Waals surface area contributed by atoms with Gasteiger partial charge in [0.05, 0.1) is 6.54 Å². The van der Waals surface area contributed by atoms with Crippen LogP contribution in [-0.4, -0.2) is 30.1 Å². The summed E-state index contributed by atoms with van der Waals surface area (Å²) in [6.07, 6.45) is 0.205. The van der Waals surface area contributed by atoms with E-state index < -0.39 is 0 Å². The van der Waals surface area contributed by atoms with Crippen LogP contribution in [0, 0.1) is 6.92 Å². The number of nitrogens with one attached hydrogen (secondary N) is 2. The quantitative estimate of drug-likeness (QED) is 0.620. The van der Waals surface area contributed by atoms with E-state index >= 15 is 0 Å². The second-order valence-electron chi connectivity index (χ2n) is 3.19. The molecule has 0 aliphatic carbocycles. The summed E-state index contributed by atoms with van der Waals surface area (Å²) in [5, 5.41) is 8.47. The molecule has 16 heavy (non-hydrogen) atoms. The van der Waals surface area contributed by atoms with Gasteiger partial charge >= 0.3 is 0 Å². The topological polar surface area (TPSA) is 110 Å². The van der Waals surface area contributed by atoms with E-state index in [-0.39, 0.29) is 31.3 Å². The molecule has 0 atom stereocenters. The van der Waals surface area contributed by atoms with Crippen LogP contribution in [0.1, 0.15) is 12.2 Å². The van der Waals surface area contributed by atoms with Crippen molar-refractivity contribution in [3.05, 3.63) is 11.8 Å². The maximum absolute atomic E-state index is 11.3. The molecule has 0 unspecified atom stereocenters. The largest absolute Gasteiger partial charge is 0.360 e. The molecule has 0 saturated carbocycles. The lowest BCUT2D eigenvalue weighted by Crippen LogP contribution is -2.33. The van der Waals surface area contributed by atoms with E-state index in [1.165, 1.54) is 0 Å². The number of carbonyl (C=O) groups is 2. The van der Waals surface area contributed by atoms with Crippen molar-refractivity contribution in [1.82, 2.24) is 10.5 Å². The van der Waals surface area contributed by atoms with Gasteiger partial charge in [0.25, 0.3) is 0 Å². The standard InChI is InChI=1S/C9H14N4O3/c1-6-4-7(13-16-6)12-9(15)5-11-8(14)2-3-10/h4H,2-3,5,10H2,1H3,(H,11,14)(H,12,13,15). The van der Waals surface area contributed by atoms with Gasteiger partial charge in [0, 0.05) is 19.0 Å². The maximum Gasteiger partial charge on any atom is 0.245 e. The van der Waals surface area contributed by atoms with Crippen molar-refractivity contribution in [2.45, 2.75) is 13.3 Å². The average molecular weight is 226 g/mol. The van der Waals surface area contributed by atoms with Gasteiger partial charge in [0.15, 0.2) is 5.82 Å². The fourth-order valence-electron chi connectivity index (χ4n) is 1.01. The van der Waals surface area contributed by atoms with Crippen molar-refractivity contribution in [3.8, 4) is 0 Å². The Morgan fingerprint density at radius 2 is 2.25 bits per heavy atom. The van der Waals surface area contributed by atoms with Crippen LogP contribution in [0.5, 0.6) is 0 Å². The smallest absolute Gasteiger partial charge is 0.245 e. The van der Waals surface area contributed by atoms with E-state index in [1.807, 2.05) is 0 Å². The first-order valence-corrected chi connectivity index (χ1v) is 4.81. The first-order chi connectivity index (χ1) is 7.61. The number of nitrogens with two attached hydrogens (primary N) is 1. The minimum Gasteiger partial charge on any atom is -0.360 e. The first-order valence-electron chi connectivity index (χ1n) is 4.81.